The van der Waals surface area contributed by atoms with E-state index in [9.17, 15) is 5.11 Å². The fourth-order valence-corrected chi connectivity index (χ4v) is 1.95. The van der Waals surface area contributed by atoms with Crippen LogP contribution < -0.4 is 5.32 Å². The number of hydrogen-bond donors (Lipinski definition) is 2. The molecule has 0 aliphatic heterocycles. The molecule has 0 fully saturated rings. The van der Waals surface area contributed by atoms with E-state index in [4.69, 9.17) is 16.3 Å². The highest BCUT2D eigenvalue weighted by molar-refractivity contribution is 6.30. The van der Waals surface area contributed by atoms with E-state index in [0.717, 1.165) is 5.56 Å². The normalized spacial score (nSPS) is 14.3. The predicted molar refractivity (Wildman–Crippen MR) is 84.2 cm³/mol. The van der Waals surface area contributed by atoms with Gasteiger partial charge in [-0.3, -0.25) is 0 Å². The highest BCUT2D eigenvalue weighted by Crippen LogP contribution is 2.22. The first-order valence-corrected chi connectivity index (χ1v) is 7.31. The summed E-state index contributed by atoms with van der Waals surface area (Å²) >= 11 is 6.02. The van der Waals surface area contributed by atoms with E-state index < -0.39 is 6.10 Å². The molecule has 4 heteroatoms. The Morgan fingerprint density at radius 3 is 2.45 bits per heavy atom. The van der Waals surface area contributed by atoms with Gasteiger partial charge in [-0.25, -0.2) is 0 Å². The average molecular weight is 300 g/mol. The minimum atomic E-state index is -0.535. The monoisotopic (exact) mass is 299 g/mol. The predicted octanol–water partition coefficient (Wildman–Crippen LogP) is 3.34. The molecular formula is C16H26ClNO2. The van der Waals surface area contributed by atoms with Crippen LogP contribution in [0.25, 0.3) is 0 Å². The Morgan fingerprint density at radius 2 is 1.90 bits per heavy atom. The molecule has 1 aromatic carbocycles. The molecule has 2 N–H and O–H groups in total. The molecule has 0 aromatic heterocycles. The fraction of sp³-hybridized carbons (Fsp3) is 0.625. The molecule has 0 saturated carbocycles. The summed E-state index contributed by atoms with van der Waals surface area (Å²) in [6.07, 6.45) is -0.535. The van der Waals surface area contributed by atoms with E-state index in [1.54, 1.807) is 0 Å². The number of ether oxygens (including phenoxy) is 1. The van der Waals surface area contributed by atoms with Gasteiger partial charge in [-0.05, 0) is 52.3 Å². The van der Waals surface area contributed by atoms with Gasteiger partial charge in [0, 0.05) is 17.1 Å². The van der Waals surface area contributed by atoms with E-state index in [1.807, 2.05) is 45.0 Å². The first-order valence-electron chi connectivity index (χ1n) is 6.93. The van der Waals surface area contributed by atoms with Gasteiger partial charge in [0.1, 0.15) is 0 Å². The highest BCUT2D eigenvalue weighted by Gasteiger charge is 2.22. The van der Waals surface area contributed by atoms with Crippen molar-refractivity contribution in [1.82, 2.24) is 5.32 Å². The Labute approximate surface area is 127 Å². The lowest BCUT2D eigenvalue weighted by atomic mass is 9.94. The summed E-state index contributed by atoms with van der Waals surface area (Å²) in [6, 6.07) is 7.75. The Hall–Kier alpha value is -0.610. The molecule has 0 radical (unpaired) electrons. The summed E-state index contributed by atoms with van der Waals surface area (Å²) in [5.41, 5.74) is 0.603. The Bertz CT molecular complexity index is 427. The number of nitrogens with one attached hydrogen (secondary N) is 1. The molecule has 114 valence electrons. The van der Waals surface area contributed by atoms with Crippen molar-refractivity contribution in [1.29, 1.82) is 0 Å². The third-order valence-corrected chi connectivity index (χ3v) is 3.27. The van der Waals surface area contributed by atoms with Gasteiger partial charge in [-0.1, -0.05) is 23.7 Å². The molecule has 0 heterocycles. The number of aliphatic hydroxyl groups is 1. The zero-order valence-electron chi connectivity index (χ0n) is 13.0. The smallest absolute Gasteiger partial charge is 0.0898 e. The van der Waals surface area contributed by atoms with Crippen LogP contribution in [0.4, 0.5) is 0 Å². The van der Waals surface area contributed by atoms with Crippen LogP contribution in [0.15, 0.2) is 24.3 Å². The Balaban J connectivity index is 2.51. The maximum Gasteiger partial charge on any atom is 0.0898 e. The highest BCUT2D eigenvalue weighted by atomic mass is 35.5. The van der Waals surface area contributed by atoms with Crippen LogP contribution in [0, 0.1) is 0 Å². The zero-order valence-corrected chi connectivity index (χ0v) is 13.8. The standard InChI is InChI=1S/C16H26ClNO2/c1-15(2,3)20-11-14(19)10-18-16(4,5)12-7-6-8-13(17)9-12/h6-9,14,18-19H,10-11H2,1-5H3. The molecule has 1 aromatic rings. The van der Waals surface area contributed by atoms with Crippen molar-refractivity contribution in [3.63, 3.8) is 0 Å². The van der Waals surface area contributed by atoms with E-state index in [2.05, 4.69) is 19.2 Å². The van der Waals surface area contributed by atoms with Gasteiger partial charge in [-0.15, -0.1) is 0 Å². The SMILES string of the molecule is CC(C)(C)OCC(O)CNC(C)(C)c1cccc(Cl)c1. The van der Waals surface area contributed by atoms with Gasteiger partial charge >= 0.3 is 0 Å². The van der Waals surface area contributed by atoms with Crippen molar-refractivity contribution in [2.24, 2.45) is 0 Å². The second kappa shape index (κ2) is 6.90. The molecule has 0 bridgehead atoms. The third kappa shape index (κ3) is 6.23. The summed E-state index contributed by atoms with van der Waals surface area (Å²) in [4.78, 5) is 0. The number of aliphatic hydroxyl groups excluding tert-OH is 1. The Kier molecular flexibility index (Phi) is 6.02. The van der Waals surface area contributed by atoms with Crippen molar-refractivity contribution in [2.75, 3.05) is 13.2 Å². The average Bonchev–Trinajstić information content (AvgIpc) is 2.33. The summed E-state index contributed by atoms with van der Waals surface area (Å²) in [5, 5.41) is 14.0. The lowest BCUT2D eigenvalue weighted by Gasteiger charge is -2.29. The second-order valence-electron chi connectivity index (χ2n) is 6.59. The van der Waals surface area contributed by atoms with Crippen LogP contribution in [-0.4, -0.2) is 30.0 Å². The van der Waals surface area contributed by atoms with Crippen molar-refractivity contribution in [3.05, 3.63) is 34.9 Å². The molecule has 0 saturated heterocycles. The van der Waals surface area contributed by atoms with Gasteiger partial charge in [-0.2, -0.15) is 0 Å². The minimum Gasteiger partial charge on any atom is -0.389 e. The Morgan fingerprint density at radius 1 is 1.25 bits per heavy atom. The van der Waals surface area contributed by atoms with Crippen LogP contribution >= 0.6 is 11.6 Å². The van der Waals surface area contributed by atoms with Crippen molar-refractivity contribution in [2.45, 2.75) is 51.9 Å². The van der Waals surface area contributed by atoms with Gasteiger partial charge in [0.25, 0.3) is 0 Å². The van der Waals surface area contributed by atoms with Gasteiger partial charge < -0.3 is 15.2 Å². The van der Waals surface area contributed by atoms with E-state index in [0.29, 0.717) is 18.2 Å². The molecule has 20 heavy (non-hydrogen) atoms. The number of benzene rings is 1. The largest absolute Gasteiger partial charge is 0.389 e. The summed E-state index contributed by atoms with van der Waals surface area (Å²) in [6.45, 7) is 10.8. The summed E-state index contributed by atoms with van der Waals surface area (Å²) in [7, 11) is 0. The molecule has 0 aliphatic carbocycles. The van der Waals surface area contributed by atoms with Crippen molar-refractivity contribution in [3.8, 4) is 0 Å². The molecule has 3 nitrogen and oxygen atoms in total. The van der Waals surface area contributed by atoms with Crippen LogP contribution in [0.2, 0.25) is 5.02 Å². The third-order valence-electron chi connectivity index (χ3n) is 3.03. The van der Waals surface area contributed by atoms with Crippen LogP contribution in [-0.2, 0) is 10.3 Å². The van der Waals surface area contributed by atoms with Crippen LogP contribution in [0.5, 0.6) is 0 Å². The maximum atomic E-state index is 9.96. The van der Waals surface area contributed by atoms with Gasteiger partial charge in [0.05, 0.1) is 18.3 Å². The lowest BCUT2D eigenvalue weighted by molar-refractivity contribution is -0.0491. The quantitative estimate of drug-likeness (QED) is 0.846. The molecule has 1 rings (SSSR count). The van der Waals surface area contributed by atoms with Crippen LogP contribution in [0.1, 0.15) is 40.2 Å². The van der Waals surface area contributed by atoms with Crippen molar-refractivity contribution < 1.29 is 9.84 Å². The first-order chi connectivity index (χ1) is 9.10. The number of hydrogen-bond acceptors (Lipinski definition) is 3. The number of halogens is 1. The van der Waals surface area contributed by atoms with Gasteiger partial charge in [0.15, 0.2) is 0 Å². The lowest BCUT2D eigenvalue weighted by Crippen LogP contribution is -2.43. The maximum absolute atomic E-state index is 9.96. The first kappa shape index (κ1) is 17.4. The summed E-state index contributed by atoms with van der Waals surface area (Å²) < 4.78 is 5.57. The molecule has 1 atom stereocenters. The molecule has 0 amide bonds. The fourth-order valence-electron chi connectivity index (χ4n) is 1.76. The zero-order chi connectivity index (χ0) is 15.4. The van der Waals surface area contributed by atoms with Gasteiger partial charge in [0.2, 0.25) is 0 Å². The summed E-state index contributed by atoms with van der Waals surface area (Å²) in [5.74, 6) is 0. The molecular weight excluding hydrogens is 274 g/mol. The second-order valence-corrected chi connectivity index (χ2v) is 7.03. The molecule has 0 aliphatic rings. The minimum absolute atomic E-state index is 0.233. The van der Waals surface area contributed by atoms with E-state index >= 15 is 0 Å². The van der Waals surface area contributed by atoms with E-state index in [1.165, 1.54) is 0 Å². The van der Waals surface area contributed by atoms with Crippen molar-refractivity contribution >= 4 is 11.6 Å². The molecule has 0 spiro atoms. The number of rotatable bonds is 6. The molecule has 1 unspecified atom stereocenters. The van der Waals surface area contributed by atoms with E-state index in [-0.39, 0.29) is 11.1 Å². The van der Waals surface area contributed by atoms with Crippen LogP contribution in [0.3, 0.4) is 0 Å². The topological polar surface area (TPSA) is 41.5 Å².